The predicted molar refractivity (Wildman–Crippen MR) is 125 cm³/mol. The van der Waals surface area contributed by atoms with Crippen LogP contribution in [0.3, 0.4) is 0 Å². The number of halogens is 1. The minimum Gasteiger partial charge on any atom is -0.346 e. The van der Waals surface area contributed by atoms with Crippen LogP contribution >= 0.6 is 0 Å². The van der Waals surface area contributed by atoms with E-state index in [9.17, 15) is 12.8 Å². The average Bonchev–Trinajstić information content (AvgIpc) is 3.53. The zero-order chi connectivity index (χ0) is 23.0. The van der Waals surface area contributed by atoms with E-state index < -0.39 is 10.0 Å². The molecule has 3 aromatic heterocycles. The van der Waals surface area contributed by atoms with Crippen molar-refractivity contribution in [3.63, 3.8) is 0 Å². The van der Waals surface area contributed by atoms with Gasteiger partial charge in [0.25, 0.3) is 0 Å². The first-order chi connectivity index (χ1) is 15.9. The number of benzene rings is 1. The molecule has 0 saturated carbocycles. The third-order valence-electron chi connectivity index (χ3n) is 6.37. The largest absolute Gasteiger partial charge is 0.346 e. The molecule has 2 atom stereocenters. The summed E-state index contributed by atoms with van der Waals surface area (Å²) in [6.45, 7) is 3.19. The van der Waals surface area contributed by atoms with Gasteiger partial charge in [-0.1, -0.05) is 12.1 Å². The number of aromatic amines is 1. The normalized spacial score (nSPS) is 19.5. The van der Waals surface area contributed by atoms with Gasteiger partial charge in [0.1, 0.15) is 5.82 Å². The minimum absolute atomic E-state index is 0.0132. The number of fused-ring (bicyclic) bond motifs is 1. The van der Waals surface area contributed by atoms with E-state index in [2.05, 4.69) is 20.8 Å². The second-order valence-electron chi connectivity index (χ2n) is 8.77. The molecule has 4 heterocycles. The first-order valence-electron chi connectivity index (χ1n) is 11.1. The SMILES string of the molecule is C[C@H]1C[C@@H](Cn2ccc3nc(-c4cn[nH]c4)ccc32)CN1S(=O)(=O)CCc1cccc(F)c1. The van der Waals surface area contributed by atoms with Crippen LogP contribution in [-0.4, -0.2) is 50.8 Å². The number of sulfonamides is 1. The van der Waals surface area contributed by atoms with Crippen LogP contribution in [0.15, 0.2) is 61.1 Å². The van der Waals surface area contributed by atoms with Gasteiger partial charge in [0.2, 0.25) is 10.0 Å². The summed E-state index contributed by atoms with van der Waals surface area (Å²) in [5.41, 5.74) is 4.43. The molecule has 7 nitrogen and oxygen atoms in total. The van der Waals surface area contributed by atoms with Crippen molar-refractivity contribution in [1.29, 1.82) is 0 Å². The number of aromatic nitrogens is 4. The highest BCUT2D eigenvalue weighted by atomic mass is 32.2. The van der Waals surface area contributed by atoms with Gasteiger partial charge in [0.15, 0.2) is 0 Å². The first kappa shape index (κ1) is 21.8. The van der Waals surface area contributed by atoms with Crippen molar-refractivity contribution < 1.29 is 12.8 Å². The summed E-state index contributed by atoms with van der Waals surface area (Å²) in [6.07, 6.45) is 6.69. The van der Waals surface area contributed by atoms with Gasteiger partial charge in [-0.2, -0.15) is 9.40 Å². The van der Waals surface area contributed by atoms with Crippen LogP contribution < -0.4 is 0 Å². The van der Waals surface area contributed by atoms with E-state index in [0.29, 0.717) is 18.5 Å². The van der Waals surface area contributed by atoms with Crippen LogP contribution in [0.4, 0.5) is 4.39 Å². The Balaban J connectivity index is 1.26. The number of nitrogens with zero attached hydrogens (tertiary/aromatic N) is 4. The van der Waals surface area contributed by atoms with Crippen molar-refractivity contribution in [2.75, 3.05) is 12.3 Å². The molecular formula is C24H26FN5O2S. The van der Waals surface area contributed by atoms with Crippen LogP contribution in [0.25, 0.3) is 22.3 Å². The van der Waals surface area contributed by atoms with Gasteiger partial charge < -0.3 is 4.57 Å². The molecule has 1 aromatic carbocycles. The van der Waals surface area contributed by atoms with Gasteiger partial charge in [-0.15, -0.1) is 0 Å². The van der Waals surface area contributed by atoms with Crippen molar-refractivity contribution >= 4 is 21.1 Å². The van der Waals surface area contributed by atoms with E-state index in [4.69, 9.17) is 4.98 Å². The molecule has 172 valence electrons. The molecule has 0 spiro atoms. The Kier molecular flexibility index (Phi) is 5.76. The number of rotatable bonds is 7. The van der Waals surface area contributed by atoms with E-state index in [0.717, 1.165) is 35.3 Å². The van der Waals surface area contributed by atoms with Crippen LogP contribution in [0, 0.1) is 11.7 Å². The summed E-state index contributed by atoms with van der Waals surface area (Å²) in [7, 11) is -3.42. The molecule has 5 rings (SSSR count). The molecular weight excluding hydrogens is 441 g/mol. The highest BCUT2D eigenvalue weighted by Gasteiger charge is 2.36. The van der Waals surface area contributed by atoms with Crippen LogP contribution in [0.1, 0.15) is 18.9 Å². The molecule has 0 amide bonds. The second-order valence-corrected chi connectivity index (χ2v) is 10.8. The fourth-order valence-electron chi connectivity index (χ4n) is 4.75. The Morgan fingerprint density at radius 1 is 1.21 bits per heavy atom. The zero-order valence-corrected chi connectivity index (χ0v) is 19.2. The molecule has 0 radical (unpaired) electrons. The molecule has 1 saturated heterocycles. The second kappa shape index (κ2) is 8.72. The number of nitrogens with one attached hydrogen (secondary N) is 1. The van der Waals surface area contributed by atoms with E-state index in [-0.39, 0.29) is 23.5 Å². The molecule has 1 N–H and O–H groups in total. The van der Waals surface area contributed by atoms with E-state index in [1.165, 1.54) is 12.1 Å². The Morgan fingerprint density at radius 3 is 2.88 bits per heavy atom. The van der Waals surface area contributed by atoms with Gasteiger partial charge in [-0.25, -0.2) is 17.8 Å². The van der Waals surface area contributed by atoms with Crippen molar-refractivity contribution in [1.82, 2.24) is 24.1 Å². The maximum Gasteiger partial charge on any atom is 0.214 e. The fourth-order valence-corrected chi connectivity index (χ4v) is 6.55. The number of aryl methyl sites for hydroxylation is 1. The Bertz CT molecular complexity index is 1370. The molecule has 9 heteroatoms. The quantitative estimate of drug-likeness (QED) is 0.448. The van der Waals surface area contributed by atoms with Gasteiger partial charge in [0.05, 0.1) is 28.7 Å². The summed E-state index contributed by atoms with van der Waals surface area (Å²) < 4.78 is 43.2. The average molecular weight is 468 g/mol. The molecule has 4 aromatic rings. The summed E-state index contributed by atoms with van der Waals surface area (Å²) in [6, 6.07) is 12.1. The van der Waals surface area contributed by atoms with Crippen molar-refractivity contribution in [3.05, 3.63) is 72.4 Å². The molecule has 0 bridgehead atoms. The van der Waals surface area contributed by atoms with Gasteiger partial charge >= 0.3 is 0 Å². The van der Waals surface area contributed by atoms with Crippen molar-refractivity contribution in [3.8, 4) is 11.3 Å². The smallest absolute Gasteiger partial charge is 0.214 e. The van der Waals surface area contributed by atoms with Crippen LogP contribution in [-0.2, 0) is 23.0 Å². The zero-order valence-electron chi connectivity index (χ0n) is 18.4. The third-order valence-corrected chi connectivity index (χ3v) is 8.32. The lowest BCUT2D eigenvalue weighted by Crippen LogP contribution is -2.36. The maximum atomic E-state index is 13.4. The number of hydrogen-bond acceptors (Lipinski definition) is 4. The summed E-state index contributed by atoms with van der Waals surface area (Å²) in [5.74, 6) is -0.140. The lowest BCUT2D eigenvalue weighted by molar-refractivity contribution is 0.399. The summed E-state index contributed by atoms with van der Waals surface area (Å²) in [5, 5.41) is 6.78. The Morgan fingerprint density at radius 2 is 2.09 bits per heavy atom. The number of pyridine rings is 1. The highest BCUT2D eigenvalue weighted by Crippen LogP contribution is 2.29. The number of H-pyrrole nitrogens is 1. The lowest BCUT2D eigenvalue weighted by atomic mass is 10.1. The third kappa shape index (κ3) is 4.56. The molecule has 1 fully saturated rings. The summed E-state index contributed by atoms with van der Waals surface area (Å²) >= 11 is 0. The van der Waals surface area contributed by atoms with E-state index in [1.54, 1.807) is 22.6 Å². The van der Waals surface area contributed by atoms with Gasteiger partial charge in [-0.05, 0) is 61.6 Å². The van der Waals surface area contributed by atoms with Crippen molar-refractivity contribution in [2.45, 2.75) is 32.4 Å². The van der Waals surface area contributed by atoms with Crippen LogP contribution in [0.5, 0.6) is 0 Å². The van der Waals surface area contributed by atoms with Gasteiger partial charge in [-0.3, -0.25) is 5.10 Å². The number of hydrogen-bond donors (Lipinski definition) is 1. The molecule has 1 aliphatic heterocycles. The molecule has 1 aliphatic rings. The molecule has 0 aliphatic carbocycles. The molecule has 0 unspecified atom stereocenters. The maximum absolute atomic E-state index is 13.4. The predicted octanol–water partition coefficient (Wildman–Crippen LogP) is 3.85. The topological polar surface area (TPSA) is 83.9 Å². The first-order valence-corrected chi connectivity index (χ1v) is 12.7. The summed E-state index contributed by atoms with van der Waals surface area (Å²) in [4.78, 5) is 4.73. The van der Waals surface area contributed by atoms with E-state index >= 15 is 0 Å². The standard InChI is InChI=1S/C24H26FN5O2S/c1-17-11-19(16-30(17)33(31,32)10-8-18-3-2-4-21(25)12-18)15-29-9-7-23-24(29)6-5-22(28-23)20-13-26-27-14-20/h2-7,9,12-14,17,19H,8,10-11,15-16H2,1H3,(H,26,27)/t17-,19-/m0/s1. The monoisotopic (exact) mass is 467 g/mol. The molecule has 33 heavy (non-hydrogen) atoms. The van der Waals surface area contributed by atoms with Crippen LogP contribution in [0.2, 0.25) is 0 Å². The lowest BCUT2D eigenvalue weighted by Gasteiger charge is -2.21. The fraction of sp³-hybridized carbons (Fsp3) is 0.333. The Labute approximate surface area is 192 Å². The van der Waals surface area contributed by atoms with Crippen molar-refractivity contribution in [2.24, 2.45) is 5.92 Å². The van der Waals surface area contributed by atoms with Gasteiger partial charge in [0, 0.05) is 37.1 Å². The van der Waals surface area contributed by atoms with E-state index in [1.807, 2.05) is 31.5 Å². The Hall–Kier alpha value is -3.04. The highest BCUT2D eigenvalue weighted by molar-refractivity contribution is 7.89. The minimum atomic E-state index is -3.42.